The fraction of sp³-hybridized carbons (Fsp3) is 0.683. The van der Waals surface area contributed by atoms with E-state index in [0.717, 1.165) is 103 Å². The molecule has 0 N–H and O–H groups in total. The summed E-state index contributed by atoms with van der Waals surface area (Å²) >= 11 is 0. The predicted molar refractivity (Wildman–Crippen MR) is 297 cm³/mol. The first-order valence-corrected chi connectivity index (χ1v) is 28.4. The minimum atomic E-state index is -0.579. The molecule has 68 heavy (non-hydrogen) atoms. The monoisotopic (exact) mass is 943 g/mol. The molecule has 0 bridgehead atoms. The van der Waals surface area contributed by atoms with Gasteiger partial charge in [0.05, 0.1) is 6.61 Å². The maximum absolute atomic E-state index is 12.8. The molecule has 0 aliphatic heterocycles. The highest BCUT2D eigenvalue weighted by Gasteiger charge is 2.17. The van der Waals surface area contributed by atoms with Gasteiger partial charge in [0.1, 0.15) is 6.61 Å². The topological polar surface area (TPSA) is 61.8 Å². The Morgan fingerprint density at radius 3 is 1.10 bits per heavy atom. The lowest BCUT2D eigenvalue weighted by Crippen LogP contribution is -2.30. The van der Waals surface area contributed by atoms with Crippen molar-refractivity contribution in [3.05, 3.63) is 109 Å². The third kappa shape index (κ3) is 55.2. The van der Waals surface area contributed by atoms with E-state index in [1.54, 1.807) is 0 Å². The van der Waals surface area contributed by atoms with Gasteiger partial charge in [-0.05, 0) is 122 Å². The first-order valence-electron chi connectivity index (χ1n) is 28.4. The maximum Gasteiger partial charge on any atom is 0.306 e. The van der Waals surface area contributed by atoms with Crippen LogP contribution < -0.4 is 0 Å². The highest BCUT2D eigenvalue weighted by atomic mass is 16.6. The smallest absolute Gasteiger partial charge is 0.306 e. The van der Waals surface area contributed by atoms with Gasteiger partial charge in [0.2, 0.25) is 0 Å². The van der Waals surface area contributed by atoms with Gasteiger partial charge in [-0.1, -0.05) is 226 Å². The molecule has 0 amide bonds. The van der Waals surface area contributed by atoms with Gasteiger partial charge in [-0.2, -0.15) is 0 Å². The molecule has 0 aromatic carbocycles. The Hall–Kier alpha value is -3.44. The van der Waals surface area contributed by atoms with Crippen molar-refractivity contribution in [2.24, 2.45) is 0 Å². The number of carbonyl (C=O) groups is 2. The first-order chi connectivity index (χ1) is 33.6. The van der Waals surface area contributed by atoms with Gasteiger partial charge in [-0.3, -0.25) is 9.59 Å². The summed E-state index contributed by atoms with van der Waals surface area (Å²) in [5.41, 5.74) is 0. The number of allylic oxidation sites excluding steroid dienone is 18. The molecule has 5 nitrogen and oxygen atoms in total. The minimum Gasteiger partial charge on any atom is -0.462 e. The highest BCUT2D eigenvalue weighted by Crippen LogP contribution is 2.14. The summed E-state index contributed by atoms with van der Waals surface area (Å²) in [5.74, 6) is -0.445. The van der Waals surface area contributed by atoms with Crippen molar-refractivity contribution in [1.29, 1.82) is 0 Å². The molecule has 0 spiro atoms. The number of rotatable bonds is 51. The molecular weight excluding hydrogens is 837 g/mol. The van der Waals surface area contributed by atoms with Crippen LogP contribution in [0.15, 0.2) is 109 Å². The van der Waals surface area contributed by atoms with Crippen LogP contribution in [0, 0.1) is 0 Å². The van der Waals surface area contributed by atoms with Gasteiger partial charge in [0.25, 0.3) is 0 Å². The van der Waals surface area contributed by atoms with E-state index in [-0.39, 0.29) is 25.2 Å². The lowest BCUT2D eigenvalue weighted by atomic mass is 10.1. The molecule has 0 radical (unpaired) electrons. The second kappa shape index (κ2) is 57.9. The molecule has 0 fully saturated rings. The first kappa shape index (κ1) is 64.6. The maximum atomic E-state index is 12.8. The van der Waals surface area contributed by atoms with E-state index in [0.29, 0.717) is 19.4 Å². The summed E-state index contributed by atoms with van der Waals surface area (Å²) in [5, 5.41) is 0. The quantitative estimate of drug-likeness (QED) is 0.0345. The number of carbonyl (C=O) groups excluding carboxylic acids is 2. The van der Waals surface area contributed by atoms with Gasteiger partial charge in [-0.25, -0.2) is 0 Å². The van der Waals surface area contributed by atoms with Crippen molar-refractivity contribution >= 4 is 11.9 Å². The van der Waals surface area contributed by atoms with Gasteiger partial charge in [0, 0.05) is 19.4 Å². The van der Waals surface area contributed by atoms with Gasteiger partial charge in [0.15, 0.2) is 6.10 Å². The Labute approximate surface area is 421 Å². The van der Waals surface area contributed by atoms with Crippen molar-refractivity contribution in [3.8, 4) is 0 Å². The van der Waals surface area contributed by atoms with Crippen LogP contribution in [-0.2, 0) is 23.8 Å². The second-order valence-corrected chi connectivity index (χ2v) is 18.4. The Morgan fingerprint density at radius 2 is 0.662 bits per heavy atom. The van der Waals surface area contributed by atoms with Crippen LogP contribution in [0.5, 0.6) is 0 Å². The van der Waals surface area contributed by atoms with Crippen molar-refractivity contribution in [2.75, 3.05) is 19.8 Å². The Balaban J connectivity index is 4.38. The second-order valence-electron chi connectivity index (χ2n) is 18.4. The van der Waals surface area contributed by atoms with E-state index in [9.17, 15) is 9.59 Å². The third-order valence-electron chi connectivity index (χ3n) is 11.8. The molecule has 0 aliphatic carbocycles. The SMILES string of the molecule is CC/C=C\C/C=C\C/C=C\C/C=C\C/C=C\C/C=C\CCCOCC(COC(=O)CCCCCCCCCCC/C=C\C/C=C\CCCCC)OC(=O)CCCCCCC/C=C\CCCCCC. The van der Waals surface area contributed by atoms with Crippen molar-refractivity contribution in [1.82, 2.24) is 0 Å². The average Bonchev–Trinajstić information content (AvgIpc) is 3.34. The standard InChI is InChI=1S/C63H106O5/c1-4-7-10-13-16-19-22-25-27-29-31-33-35-37-40-43-46-49-52-55-58-66-59-61(68-63(65)57-54-51-48-45-42-38-24-21-18-15-12-9-6-3)60-67-62(64)56-53-50-47-44-41-39-36-34-32-30-28-26-23-20-17-14-11-8-5-2/h7,10,16-17,19-21,24-28,31,33,37,40,46,49,61H,4-6,8-9,11-15,18,22-23,29-30,32,34-36,38-39,41-45,47-48,50-60H2,1-3H3/b10-7-,19-16-,20-17-,24-21-,27-25-,28-26-,33-31-,40-37-,49-46-. The zero-order valence-electron chi connectivity index (χ0n) is 44.6. The van der Waals surface area contributed by atoms with Crippen LogP contribution >= 0.6 is 0 Å². The van der Waals surface area contributed by atoms with Crippen LogP contribution in [0.1, 0.15) is 252 Å². The summed E-state index contributed by atoms with van der Waals surface area (Å²) in [6.45, 7) is 7.52. The molecule has 0 saturated carbocycles. The third-order valence-corrected chi connectivity index (χ3v) is 11.8. The van der Waals surface area contributed by atoms with E-state index in [4.69, 9.17) is 14.2 Å². The summed E-state index contributed by atoms with van der Waals surface area (Å²) in [6.07, 6.45) is 79.7. The van der Waals surface area contributed by atoms with Gasteiger partial charge in [-0.15, -0.1) is 0 Å². The van der Waals surface area contributed by atoms with Crippen LogP contribution in [0.4, 0.5) is 0 Å². The summed E-state index contributed by atoms with van der Waals surface area (Å²) < 4.78 is 17.4. The fourth-order valence-electron chi connectivity index (χ4n) is 7.55. The molecule has 0 heterocycles. The minimum absolute atomic E-state index is 0.0514. The number of esters is 2. The summed E-state index contributed by atoms with van der Waals surface area (Å²) in [7, 11) is 0. The Bertz CT molecular complexity index is 1340. The van der Waals surface area contributed by atoms with Crippen molar-refractivity contribution in [2.45, 2.75) is 258 Å². The van der Waals surface area contributed by atoms with E-state index in [1.807, 2.05) is 0 Å². The van der Waals surface area contributed by atoms with Crippen LogP contribution in [-0.4, -0.2) is 37.9 Å². The zero-order chi connectivity index (χ0) is 49.2. The van der Waals surface area contributed by atoms with E-state index in [2.05, 4.69) is 130 Å². The molecule has 388 valence electrons. The van der Waals surface area contributed by atoms with Crippen molar-refractivity contribution in [3.63, 3.8) is 0 Å². The van der Waals surface area contributed by atoms with Gasteiger partial charge < -0.3 is 14.2 Å². The predicted octanol–water partition coefficient (Wildman–Crippen LogP) is 19.6. The zero-order valence-corrected chi connectivity index (χ0v) is 44.6. The van der Waals surface area contributed by atoms with E-state index >= 15 is 0 Å². The molecule has 0 aromatic heterocycles. The Morgan fingerprint density at radius 1 is 0.338 bits per heavy atom. The number of hydrogen-bond acceptors (Lipinski definition) is 5. The fourth-order valence-corrected chi connectivity index (χ4v) is 7.55. The van der Waals surface area contributed by atoms with Crippen LogP contribution in [0.25, 0.3) is 0 Å². The lowest BCUT2D eigenvalue weighted by Gasteiger charge is -2.18. The van der Waals surface area contributed by atoms with Crippen LogP contribution in [0.3, 0.4) is 0 Å². The molecular formula is C63H106O5. The number of unbranched alkanes of at least 4 members (excludes halogenated alkanes) is 22. The molecule has 0 rings (SSSR count). The lowest BCUT2D eigenvalue weighted by molar-refractivity contribution is -0.163. The summed E-state index contributed by atoms with van der Waals surface area (Å²) in [4.78, 5) is 25.5. The molecule has 1 unspecified atom stereocenters. The molecule has 5 heteroatoms. The number of ether oxygens (including phenoxy) is 3. The van der Waals surface area contributed by atoms with Crippen LogP contribution in [0.2, 0.25) is 0 Å². The highest BCUT2D eigenvalue weighted by molar-refractivity contribution is 5.70. The number of hydrogen-bond donors (Lipinski definition) is 0. The average molecular weight is 944 g/mol. The normalized spacial score (nSPS) is 13.0. The molecule has 0 saturated heterocycles. The van der Waals surface area contributed by atoms with E-state index in [1.165, 1.54) is 116 Å². The molecule has 0 aliphatic rings. The van der Waals surface area contributed by atoms with Gasteiger partial charge >= 0.3 is 11.9 Å². The van der Waals surface area contributed by atoms with Crippen molar-refractivity contribution < 1.29 is 23.8 Å². The Kier molecular flexibility index (Phi) is 54.9. The van der Waals surface area contributed by atoms with E-state index < -0.39 is 6.10 Å². The molecule has 1 atom stereocenters. The largest absolute Gasteiger partial charge is 0.462 e. The molecule has 0 aromatic rings. The summed E-state index contributed by atoms with van der Waals surface area (Å²) in [6, 6.07) is 0.